The smallest absolute Gasteiger partial charge is 0.212 e. The van der Waals surface area contributed by atoms with Crippen LogP contribution in [-0.4, -0.2) is 15.8 Å². The molecular formula is C19H20FN3O. The molecule has 3 aromatic rings. The van der Waals surface area contributed by atoms with Gasteiger partial charge in [0, 0.05) is 6.20 Å². The number of anilines is 1. The molecule has 0 bridgehead atoms. The molecule has 124 valence electrons. The van der Waals surface area contributed by atoms with E-state index in [4.69, 9.17) is 0 Å². The highest BCUT2D eigenvalue weighted by Crippen LogP contribution is 2.28. The fourth-order valence-corrected chi connectivity index (χ4v) is 2.64. The molecular weight excluding hydrogens is 305 g/mol. The lowest BCUT2D eigenvalue weighted by molar-refractivity contribution is -0.105. The highest BCUT2D eigenvalue weighted by molar-refractivity contribution is 5.73. The lowest BCUT2D eigenvalue weighted by atomic mass is 9.97. The molecule has 24 heavy (non-hydrogen) atoms. The van der Waals surface area contributed by atoms with Crippen LogP contribution in [-0.2, 0) is 4.79 Å². The van der Waals surface area contributed by atoms with Crippen molar-refractivity contribution in [3.63, 3.8) is 0 Å². The van der Waals surface area contributed by atoms with Crippen molar-refractivity contribution in [3.8, 4) is 11.1 Å². The number of fused-ring (bicyclic) bond motifs is 1. The fraction of sp³-hybridized carbons (Fsp3) is 0.263. The molecule has 0 saturated heterocycles. The second-order valence-corrected chi connectivity index (χ2v) is 6.05. The summed E-state index contributed by atoms with van der Waals surface area (Å²) in [5.41, 5.74) is 4.50. The summed E-state index contributed by atoms with van der Waals surface area (Å²) < 4.78 is 15.2. The van der Waals surface area contributed by atoms with Crippen LogP contribution in [0.5, 0.6) is 0 Å². The van der Waals surface area contributed by atoms with Crippen LogP contribution in [0.15, 0.2) is 36.7 Å². The zero-order valence-corrected chi connectivity index (χ0v) is 13.8. The van der Waals surface area contributed by atoms with E-state index in [2.05, 4.69) is 10.3 Å². The Hall–Kier alpha value is -2.69. The van der Waals surface area contributed by atoms with Crippen LogP contribution in [0.4, 0.5) is 10.2 Å². The standard InChI is InChI=1S/C16H14FN3O.C3H6/c1-10-5-13(17)6-11(2)16(10)12-3-4-15-19-14(18-9-21)8-20(15)7-12;1-2-3-1/h3-9H,1-2H3,(H,18,21);1-3H2. The van der Waals surface area contributed by atoms with Crippen LogP contribution in [0.1, 0.15) is 30.4 Å². The van der Waals surface area contributed by atoms with Gasteiger partial charge in [0.2, 0.25) is 6.41 Å². The van der Waals surface area contributed by atoms with E-state index in [1.807, 2.05) is 36.6 Å². The molecule has 1 aromatic carbocycles. The van der Waals surface area contributed by atoms with Gasteiger partial charge in [-0.15, -0.1) is 0 Å². The van der Waals surface area contributed by atoms with Gasteiger partial charge in [-0.1, -0.05) is 19.3 Å². The van der Waals surface area contributed by atoms with E-state index >= 15 is 0 Å². The average molecular weight is 325 g/mol. The molecule has 0 atom stereocenters. The van der Waals surface area contributed by atoms with E-state index in [1.54, 1.807) is 6.20 Å². The molecule has 1 fully saturated rings. The predicted octanol–water partition coefficient (Wildman–Crippen LogP) is 4.50. The molecule has 5 heteroatoms. The molecule has 1 aliphatic rings. The number of benzene rings is 1. The van der Waals surface area contributed by atoms with Gasteiger partial charge in [0.15, 0.2) is 5.82 Å². The SMILES string of the molecule is C1CC1.Cc1cc(F)cc(C)c1-c1ccc2nc(NC=O)cn2c1. The monoisotopic (exact) mass is 325 g/mol. The first-order valence-electron chi connectivity index (χ1n) is 8.04. The van der Waals surface area contributed by atoms with Gasteiger partial charge in [-0.05, 0) is 60.4 Å². The van der Waals surface area contributed by atoms with E-state index < -0.39 is 0 Å². The van der Waals surface area contributed by atoms with E-state index in [9.17, 15) is 9.18 Å². The molecule has 2 heterocycles. The number of rotatable bonds is 3. The van der Waals surface area contributed by atoms with Gasteiger partial charge in [0.25, 0.3) is 0 Å². The second kappa shape index (κ2) is 6.83. The minimum atomic E-state index is -0.227. The third kappa shape index (κ3) is 3.62. The predicted molar refractivity (Wildman–Crippen MR) is 93.6 cm³/mol. The number of carbonyl (C=O) groups excluding carboxylic acids is 1. The molecule has 2 aromatic heterocycles. The maximum Gasteiger partial charge on any atom is 0.212 e. The highest BCUT2D eigenvalue weighted by atomic mass is 19.1. The topological polar surface area (TPSA) is 46.4 Å². The molecule has 0 spiro atoms. The number of amides is 1. The van der Waals surface area contributed by atoms with Gasteiger partial charge in [-0.25, -0.2) is 9.37 Å². The Labute approximate surface area is 140 Å². The Morgan fingerprint density at radius 3 is 2.38 bits per heavy atom. The highest BCUT2D eigenvalue weighted by Gasteiger charge is 2.09. The first-order chi connectivity index (χ1) is 11.6. The quantitative estimate of drug-likeness (QED) is 0.721. The van der Waals surface area contributed by atoms with E-state index in [0.717, 1.165) is 27.9 Å². The Morgan fingerprint density at radius 1 is 1.12 bits per heavy atom. The van der Waals surface area contributed by atoms with Gasteiger partial charge in [0.05, 0.1) is 6.20 Å². The number of nitrogens with one attached hydrogen (secondary N) is 1. The fourth-order valence-electron chi connectivity index (χ4n) is 2.64. The van der Waals surface area contributed by atoms with Gasteiger partial charge >= 0.3 is 0 Å². The van der Waals surface area contributed by atoms with Crippen LogP contribution < -0.4 is 5.32 Å². The van der Waals surface area contributed by atoms with Crippen LogP contribution in [0.3, 0.4) is 0 Å². The largest absolute Gasteiger partial charge is 0.312 e. The van der Waals surface area contributed by atoms with E-state index in [-0.39, 0.29) is 5.82 Å². The summed E-state index contributed by atoms with van der Waals surface area (Å²) in [5, 5.41) is 2.52. The Balaban J connectivity index is 0.000000508. The number of nitrogens with zero attached hydrogens (tertiary/aromatic N) is 2. The minimum Gasteiger partial charge on any atom is -0.312 e. The van der Waals surface area contributed by atoms with Crippen molar-refractivity contribution < 1.29 is 9.18 Å². The van der Waals surface area contributed by atoms with Crippen molar-refractivity contribution in [1.82, 2.24) is 9.38 Å². The van der Waals surface area contributed by atoms with Crippen LogP contribution in [0.2, 0.25) is 0 Å². The molecule has 1 N–H and O–H groups in total. The number of hydrogen-bond donors (Lipinski definition) is 1. The van der Waals surface area contributed by atoms with Crippen molar-refractivity contribution >= 4 is 17.9 Å². The van der Waals surface area contributed by atoms with Crippen molar-refractivity contribution in [2.45, 2.75) is 33.1 Å². The lowest BCUT2D eigenvalue weighted by Crippen LogP contribution is -1.93. The van der Waals surface area contributed by atoms with E-state index in [1.165, 1.54) is 31.4 Å². The molecule has 1 amide bonds. The summed E-state index contributed by atoms with van der Waals surface area (Å²) in [5.74, 6) is 0.268. The summed E-state index contributed by atoms with van der Waals surface area (Å²) in [7, 11) is 0. The normalized spacial score (nSPS) is 12.5. The van der Waals surface area contributed by atoms with Crippen LogP contribution in [0.25, 0.3) is 16.8 Å². The molecule has 4 nitrogen and oxygen atoms in total. The Bertz CT molecular complexity index is 858. The summed E-state index contributed by atoms with van der Waals surface area (Å²) in [6.07, 6.45) is 8.75. The molecule has 0 radical (unpaired) electrons. The van der Waals surface area contributed by atoms with Gasteiger partial charge in [-0.2, -0.15) is 0 Å². The number of pyridine rings is 1. The maximum absolute atomic E-state index is 13.4. The summed E-state index contributed by atoms with van der Waals surface area (Å²) in [4.78, 5) is 14.7. The third-order valence-electron chi connectivity index (χ3n) is 3.80. The average Bonchev–Trinajstić information content (AvgIpc) is 3.34. The summed E-state index contributed by atoms with van der Waals surface area (Å²) in [6, 6.07) is 6.87. The van der Waals surface area contributed by atoms with Gasteiger partial charge in [-0.3, -0.25) is 4.79 Å². The number of aromatic nitrogens is 2. The van der Waals surface area contributed by atoms with Crippen molar-refractivity contribution in [1.29, 1.82) is 0 Å². The van der Waals surface area contributed by atoms with Gasteiger partial charge < -0.3 is 9.72 Å². The van der Waals surface area contributed by atoms with Crippen LogP contribution in [0, 0.1) is 19.7 Å². The number of halogens is 1. The first kappa shape index (κ1) is 16.2. The van der Waals surface area contributed by atoms with Crippen molar-refractivity contribution in [2.24, 2.45) is 0 Å². The van der Waals surface area contributed by atoms with Crippen LogP contribution >= 0.6 is 0 Å². The molecule has 4 rings (SSSR count). The van der Waals surface area contributed by atoms with Gasteiger partial charge in [0.1, 0.15) is 11.5 Å². The molecule has 0 aliphatic heterocycles. The van der Waals surface area contributed by atoms with Crippen molar-refractivity contribution in [3.05, 3.63) is 53.6 Å². The number of imidazole rings is 1. The Morgan fingerprint density at radius 2 is 1.79 bits per heavy atom. The molecule has 0 unspecified atom stereocenters. The molecule has 1 aliphatic carbocycles. The maximum atomic E-state index is 13.4. The van der Waals surface area contributed by atoms with E-state index in [0.29, 0.717) is 12.2 Å². The zero-order chi connectivity index (χ0) is 17.1. The molecule has 1 saturated carbocycles. The number of hydrogen-bond acceptors (Lipinski definition) is 2. The van der Waals surface area contributed by atoms with Crippen molar-refractivity contribution in [2.75, 3.05) is 5.32 Å². The number of carbonyl (C=O) groups is 1. The summed E-state index contributed by atoms with van der Waals surface area (Å²) >= 11 is 0. The minimum absolute atomic E-state index is 0.227. The Kier molecular flexibility index (Phi) is 4.60. The summed E-state index contributed by atoms with van der Waals surface area (Å²) in [6.45, 7) is 3.78. The third-order valence-corrected chi connectivity index (χ3v) is 3.80. The second-order valence-electron chi connectivity index (χ2n) is 6.05. The lowest BCUT2D eigenvalue weighted by Gasteiger charge is -2.10. The first-order valence-corrected chi connectivity index (χ1v) is 8.04. The number of aryl methyl sites for hydroxylation is 2. The zero-order valence-electron chi connectivity index (χ0n) is 13.8.